The highest BCUT2D eigenvalue weighted by Crippen LogP contribution is 2.38. The highest BCUT2D eigenvalue weighted by molar-refractivity contribution is 7.99. The van der Waals surface area contributed by atoms with Crippen LogP contribution < -0.4 is 5.32 Å². The number of benzene rings is 1. The number of Topliss-reactive ketones (excluding diaryl/α,β-unsaturated/α-hetero) is 2. The van der Waals surface area contributed by atoms with Crippen molar-refractivity contribution in [1.82, 2.24) is 20.2 Å². The van der Waals surface area contributed by atoms with Crippen LogP contribution in [0.2, 0.25) is 0 Å². The number of hydrogen-bond acceptors (Lipinski definition) is 15. The van der Waals surface area contributed by atoms with E-state index in [9.17, 15) is 34.4 Å². The molecule has 1 saturated heterocycles. The summed E-state index contributed by atoms with van der Waals surface area (Å²) in [4.78, 5) is 75.5. The van der Waals surface area contributed by atoms with Crippen LogP contribution in [0.1, 0.15) is 81.1 Å². The van der Waals surface area contributed by atoms with Gasteiger partial charge in [-0.25, -0.2) is 9.78 Å². The Kier molecular flexibility index (Phi) is 16.2. The number of nitro benzene ring substituents is 1. The smallest absolute Gasteiger partial charge is 0.408 e. The molecule has 3 N–H and O–H groups in total. The molecule has 1 fully saturated rings. The topological polar surface area (TPSA) is 222 Å². The molecule has 11 atom stereocenters. The summed E-state index contributed by atoms with van der Waals surface area (Å²) < 4.78 is 30.6. The molecule has 0 aliphatic carbocycles. The van der Waals surface area contributed by atoms with Crippen molar-refractivity contribution in [3.05, 3.63) is 40.0 Å². The molecule has 0 spiro atoms. The lowest BCUT2D eigenvalue weighted by Gasteiger charge is -2.46. The predicted molar refractivity (Wildman–Crippen MR) is 220 cm³/mol. The molecule has 328 valence electrons. The number of nitrogens with zero attached hydrogens (tertiary/aromatic N) is 3. The fraction of sp³-hybridized carbons (Fsp3) is 0.683. The summed E-state index contributed by atoms with van der Waals surface area (Å²) in [5, 5.41) is 25.8. The van der Waals surface area contributed by atoms with Crippen LogP contribution in [0.25, 0.3) is 11.0 Å². The van der Waals surface area contributed by atoms with Gasteiger partial charge in [0.05, 0.1) is 33.8 Å². The van der Waals surface area contributed by atoms with Gasteiger partial charge in [-0.2, -0.15) is 0 Å². The minimum absolute atomic E-state index is 0.0444. The number of ether oxygens (including phenoxy) is 5. The van der Waals surface area contributed by atoms with E-state index in [0.29, 0.717) is 34.8 Å². The molecule has 0 saturated carbocycles. The Morgan fingerprint density at radius 3 is 2.51 bits per heavy atom. The third-order valence-electron chi connectivity index (χ3n) is 11.4. The third-order valence-corrected chi connectivity index (χ3v) is 12.4. The molecule has 1 aromatic heterocycles. The lowest BCUT2D eigenvalue weighted by atomic mass is 9.77. The molecular formula is C41H61N5O12S. The molecule has 2 aromatic rings. The SMILES string of the molecule is CC[C@H]1OC(=O)[C@H](C)C(=O)[C@H](C)[C@@H](O[C@@H]2O[C@H](C)C[C@H](N(C)C)[C@H]2O)[C@](C)(OC)C[C@@H](C)C(=O)/C(C)=C/[C@]1(C)OC(=O)NCCCSc1nc2ccc([N+](=O)[O-])cc2[nH]1. The number of likely N-dealkylation sites (N-methyl/N-ethyl adjacent to an activating group) is 1. The standard InChI is InChI=1S/C41H61N5O12S/c1-12-31-40(7,58-39(51)42-16-13-17-59-38-43-28-15-14-27(46(52)53)19-29(28)44-38)20-22(2)32(47)23(3)21-41(8,54-11)35(25(5)33(48)26(6)36(50)56-31)57-37-34(49)30(45(9)10)18-24(4)55-37/h14-15,19-20,23-26,30-31,34-35,37,49H,12-13,16-18,21H2,1-11H3,(H,42,51)(H,43,44)/b22-20+/t23-,24-,25+,26-,30+,31-,34-,35-,37+,40+,41-/m1/s1. The summed E-state index contributed by atoms with van der Waals surface area (Å²) in [5.41, 5.74) is -1.56. The van der Waals surface area contributed by atoms with E-state index in [0.717, 1.165) is 0 Å². The van der Waals surface area contributed by atoms with E-state index in [1.165, 1.54) is 44.0 Å². The van der Waals surface area contributed by atoms with Crippen LogP contribution in [0.3, 0.4) is 0 Å². The molecule has 0 radical (unpaired) electrons. The predicted octanol–water partition coefficient (Wildman–Crippen LogP) is 5.37. The first-order chi connectivity index (χ1) is 27.6. The second-order valence-electron chi connectivity index (χ2n) is 16.4. The minimum Gasteiger partial charge on any atom is -0.457 e. The third kappa shape index (κ3) is 11.5. The van der Waals surface area contributed by atoms with Gasteiger partial charge in [-0.3, -0.25) is 24.5 Å². The molecule has 3 heterocycles. The van der Waals surface area contributed by atoms with Gasteiger partial charge in [0, 0.05) is 49.4 Å². The number of rotatable bonds is 12. The number of methoxy groups -OCH3 is 1. The number of aliphatic hydroxyl groups excluding tert-OH is 1. The highest BCUT2D eigenvalue weighted by Gasteiger charge is 2.50. The Balaban J connectivity index is 1.54. The van der Waals surface area contributed by atoms with E-state index >= 15 is 0 Å². The fourth-order valence-corrected chi connectivity index (χ4v) is 8.84. The number of aromatic amines is 1. The van der Waals surface area contributed by atoms with Crippen molar-refractivity contribution in [2.75, 3.05) is 33.5 Å². The van der Waals surface area contributed by atoms with E-state index in [1.54, 1.807) is 47.6 Å². The molecular weight excluding hydrogens is 787 g/mol. The summed E-state index contributed by atoms with van der Waals surface area (Å²) in [6.45, 7) is 13.5. The number of imidazole rings is 1. The number of thioether (sulfide) groups is 1. The van der Waals surface area contributed by atoms with Crippen molar-refractivity contribution in [2.24, 2.45) is 17.8 Å². The van der Waals surface area contributed by atoms with E-state index in [-0.39, 0.29) is 48.6 Å². The van der Waals surface area contributed by atoms with Crippen molar-refractivity contribution in [3.63, 3.8) is 0 Å². The van der Waals surface area contributed by atoms with Gasteiger partial charge < -0.3 is 44.0 Å². The average Bonchev–Trinajstić information content (AvgIpc) is 3.60. The van der Waals surface area contributed by atoms with Crippen LogP contribution in [-0.2, 0) is 38.1 Å². The van der Waals surface area contributed by atoms with Crippen LogP contribution in [0.15, 0.2) is 35.0 Å². The van der Waals surface area contributed by atoms with E-state index in [4.69, 9.17) is 23.7 Å². The highest BCUT2D eigenvalue weighted by atomic mass is 32.2. The van der Waals surface area contributed by atoms with E-state index in [1.807, 2.05) is 25.9 Å². The number of esters is 1. The minimum atomic E-state index is -1.62. The van der Waals surface area contributed by atoms with Crippen LogP contribution in [0.4, 0.5) is 10.5 Å². The second-order valence-corrected chi connectivity index (χ2v) is 17.5. The molecule has 2 aliphatic heterocycles. The number of carbonyl (C=O) groups is 4. The summed E-state index contributed by atoms with van der Waals surface area (Å²) in [5.74, 6) is -4.06. The quantitative estimate of drug-likeness (QED) is 0.0610. The summed E-state index contributed by atoms with van der Waals surface area (Å²) in [6.07, 6.45) is -2.62. The maximum Gasteiger partial charge on any atom is 0.408 e. The molecule has 18 heteroatoms. The summed E-state index contributed by atoms with van der Waals surface area (Å²) in [6, 6.07) is 4.09. The van der Waals surface area contributed by atoms with Gasteiger partial charge in [0.1, 0.15) is 18.1 Å². The number of cyclic esters (lactones) is 1. The van der Waals surface area contributed by atoms with Crippen molar-refractivity contribution >= 4 is 52.1 Å². The van der Waals surface area contributed by atoms with Crippen LogP contribution >= 0.6 is 11.8 Å². The van der Waals surface area contributed by atoms with Crippen molar-refractivity contribution in [3.8, 4) is 0 Å². The van der Waals surface area contributed by atoms with Crippen LogP contribution in [0, 0.1) is 27.9 Å². The zero-order chi connectivity index (χ0) is 44.0. The Bertz CT molecular complexity index is 1870. The number of aliphatic hydroxyl groups is 1. The largest absolute Gasteiger partial charge is 0.457 e. The first-order valence-corrected chi connectivity index (χ1v) is 21.0. The Morgan fingerprint density at radius 1 is 1.19 bits per heavy atom. The molecule has 1 amide bonds. The lowest BCUT2D eigenvalue weighted by Crippen LogP contribution is -2.59. The summed E-state index contributed by atoms with van der Waals surface area (Å²) in [7, 11) is 5.16. The average molecular weight is 848 g/mol. The number of nitrogens with one attached hydrogen (secondary N) is 2. The number of ketones is 2. The number of carbonyl (C=O) groups excluding carboxylic acids is 4. The lowest BCUT2D eigenvalue weighted by molar-refractivity contribution is -0.384. The molecule has 0 bridgehead atoms. The maximum atomic E-state index is 14.2. The summed E-state index contributed by atoms with van der Waals surface area (Å²) >= 11 is 1.38. The van der Waals surface area contributed by atoms with E-state index < -0.39 is 76.3 Å². The number of aromatic nitrogens is 2. The first kappa shape index (κ1) is 47.7. The van der Waals surface area contributed by atoms with Gasteiger partial charge in [-0.15, -0.1) is 0 Å². The van der Waals surface area contributed by atoms with E-state index in [2.05, 4.69) is 15.3 Å². The zero-order valence-corrected chi connectivity index (χ0v) is 36.8. The van der Waals surface area contributed by atoms with Crippen molar-refractivity contribution in [2.45, 2.75) is 134 Å². The monoisotopic (exact) mass is 847 g/mol. The molecule has 59 heavy (non-hydrogen) atoms. The number of amides is 1. The van der Waals surface area contributed by atoms with Gasteiger partial charge in [0.2, 0.25) is 0 Å². The van der Waals surface area contributed by atoms with Crippen molar-refractivity contribution < 1.29 is 52.9 Å². The first-order valence-electron chi connectivity index (χ1n) is 20.1. The fourth-order valence-electron chi connectivity index (χ4n) is 8.02. The Morgan fingerprint density at radius 2 is 1.88 bits per heavy atom. The number of allylic oxidation sites excluding steroid dienone is 1. The molecule has 4 rings (SSSR count). The maximum absolute atomic E-state index is 14.2. The molecule has 17 nitrogen and oxygen atoms in total. The number of fused-ring (bicyclic) bond motifs is 1. The Labute approximate surface area is 349 Å². The molecule has 2 aliphatic rings. The number of nitro groups is 1. The van der Waals surface area contributed by atoms with Gasteiger partial charge in [-0.1, -0.05) is 32.5 Å². The van der Waals surface area contributed by atoms with Gasteiger partial charge in [0.25, 0.3) is 5.69 Å². The zero-order valence-electron chi connectivity index (χ0n) is 35.9. The number of non-ortho nitro benzene ring substituents is 1. The molecule has 0 unspecified atom stereocenters. The van der Waals surface area contributed by atoms with Gasteiger partial charge >= 0.3 is 12.1 Å². The van der Waals surface area contributed by atoms with Gasteiger partial charge in [-0.05, 0) is 92.1 Å². The Hall–Kier alpha value is -3.94. The van der Waals surface area contributed by atoms with Crippen molar-refractivity contribution in [1.29, 1.82) is 0 Å². The normalized spacial score (nSPS) is 33.5. The molecule has 1 aromatic carbocycles. The van der Waals surface area contributed by atoms with Crippen LogP contribution in [-0.4, -0.2) is 130 Å². The second kappa shape index (κ2) is 20.1. The number of hydrogen-bond donors (Lipinski definition) is 3. The van der Waals surface area contributed by atoms with Gasteiger partial charge in [0.15, 0.2) is 28.6 Å². The van der Waals surface area contributed by atoms with Crippen LogP contribution in [0.5, 0.6) is 0 Å². The number of alkyl carbamates (subject to hydrolysis) is 1. The number of H-pyrrole nitrogens is 1.